The first-order valence-corrected chi connectivity index (χ1v) is 5.67. The van der Waals surface area contributed by atoms with E-state index in [0.29, 0.717) is 5.92 Å². The number of carbonyl (C=O) groups excluding carboxylic acids is 1. The van der Waals surface area contributed by atoms with E-state index in [4.69, 9.17) is 0 Å². The fourth-order valence-corrected chi connectivity index (χ4v) is 2.75. The van der Waals surface area contributed by atoms with Crippen molar-refractivity contribution < 1.29 is 28.8 Å². The summed E-state index contributed by atoms with van der Waals surface area (Å²) in [6.45, 7) is 0. The molecule has 76 valence electrons. The Morgan fingerprint density at radius 3 is 2.81 bits per heavy atom. The van der Waals surface area contributed by atoms with Gasteiger partial charge in [-0.1, -0.05) is 6.07 Å². The van der Waals surface area contributed by atoms with Crippen LogP contribution < -0.4 is 24.0 Å². The molecule has 0 amide bonds. The fourth-order valence-electron chi connectivity index (χ4n) is 1.57. The van der Waals surface area contributed by atoms with Crippen LogP contribution in [0.5, 0.6) is 0 Å². The number of rotatable bonds is 2. The van der Waals surface area contributed by atoms with Crippen LogP contribution in [0, 0.1) is 0 Å². The number of nitrogens with zero attached hydrogens (tertiary/aromatic N) is 1. The number of carboxylic acids is 1. The van der Waals surface area contributed by atoms with Gasteiger partial charge in [-0.25, -0.2) is 4.98 Å². The largest absolute Gasteiger partial charge is 1.00 e. The number of aromatic nitrogens is 1. The second kappa shape index (κ2) is 4.21. The van der Waals surface area contributed by atoms with E-state index in [0.717, 1.165) is 15.2 Å². The molecule has 0 atom stereocenters. The van der Waals surface area contributed by atoms with Gasteiger partial charge in [0.2, 0.25) is 0 Å². The number of thiazole rings is 1. The summed E-state index contributed by atoms with van der Waals surface area (Å²) >= 11 is 1.60. The van der Waals surface area contributed by atoms with Crippen LogP contribution >= 0.6 is 11.3 Å². The van der Waals surface area contributed by atoms with Crippen LogP contribution in [0.25, 0.3) is 10.2 Å². The molecule has 0 saturated heterocycles. The van der Waals surface area contributed by atoms with Gasteiger partial charge < -0.3 is 9.90 Å². The quantitative estimate of drug-likeness (QED) is 0.587. The van der Waals surface area contributed by atoms with Crippen molar-refractivity contribution in [1.29, 1.82) is 0 Å². The Bertz CT molecular complexity index is 548. The molecular weight excluding hydrogens is 217 g/mol. The minimum Gasteiger partial charge on any atom is -0.545 e. The molecule has 0 radical (unpaired) electrons. The molecule has 3 nitrogen and oxygen atoms in total. The van der Waals surface area contributed by atoms with Crippen molar-refractivity contribution in [3.05, 3.63) is 28.8 Å². The maximum Gasteiger partial charge on any atom is 1.00 e. The molecule has 16 heavy (non-hydrogen) atoms. The van der Waals surface area contributed by atoms with Gasteiger partial charge in [0, 0.05) is 5.92 Å². The van der Waals surface area contributed by atoms with Crippen molar-refractivity contribution in [3.63, 3.8) is 0 Å². The first-order chi connectivity index (χ1) is 7.24. The number of carbonyl (C=O) groups is 1. The Labute approximate surface area is 109 Å². The van der Waals surface area contributed by atoms with Gasteiger partial charge in [0.1, 0.15) is 0 Å². The Morgan fingerprint density at radius 2 is 2.19 bits per heavy atom. The molecule has 1 heterocycles. The SMILES string of the molecule is O=C([O-])c1ccc2nc(C3CC3)sc2c1.[Li+]. The van der Waals surface area contributed by atoms with E-state index >= 15 is 0 Å². The number of benzene rings is 1. The van der Waals surface area contributed by atoms with E-state index in [1.165, 1.54) is 12.8 Å². The second-order valence-corrected chi connectivity index (χ2v) is 4.86. The van der Waals surface area contributed by atoms with E-state index < -0.39 is 5.97 Å². The Kier molecular flexibility index (Phi) is 3.07. The Hall–Kier alpha value is -0.823. The predicted octanol–water partition coefficient (Wildman–Crippen LogP) is -1.46. The second-order valence-electron chi connectivity index (χ2n) is 3.80. The van der Waals surface area contributed by atoms with Gasteiger partial charge in [0.15, 0.2) is 0 Å². The van der Waals surface area contributed by atoms with Crippen molar-refractivity contribution in [1.82, 2.24) is 4.98 Å². The van der Waals surface area contributed by atoms with Gasteiger partial charge >= 0.3 is 18.9 Å². The van der Waals surface area contributed by atoms with Crippen LogP contribution in [0.1, 0.15) is 34.1 Å². The number of fused-ring (bicyclic) bond motifs is 1. The third-order valence-electron chi connectivity index (χ3n) is 2.57. The van der Waals surface area contributed by atoms with Crippen LogP contribution in [0.15, 0.2) is 18.2 Å². The van der Waals surface area contributed by atoms with Crippen molar-refractivity contribution in [2.45, 2.75) is 18.8 Å². The minimum absolute atomic E-state index is 0. The zero-order valence-electron chi connectivity index (χ0n) is 8.90. The summed E-state index contributed by atoms with van der Waals surface area (Å²) < 4.78 is 0.943. The van der Waals surface area contributed by atoms with E-state index in [9.17, 15) is 9.90 Å². The molecule has 1 aromatic carbocycles. The summed E-state index contributed by atoms with van der Waals surface area (Å²) in [5, 5.41) is 11.8. The Morgan fingerprint density at radius 1 is 1.44 bits per heavy atom. The van der Waals surface area contributed by atoms with Crippen LogP contribution in [-0.2, 0) is 0 Å². The average molecular weight is 225 g/mol. The molecule has 0 bridgehead atoms. The monoisotopic (exact) mass is 225 g/mol. The molecule has 1 fully saturated rings. The first-order valence-electron chi connectivity index (χ1n) is 4.86. The third kappa shape index (κ3) is 2.01. The van der Waals surface area contributed by atoms with Gasteiger partial charge in [-0.3, -0.25) is 0 Å². The zero-order chi connectivity index (χ0) is 10.4. The summed E-state index contributed by atoms with van der Waals surface area (Å²) in [4.78, 5) is 15.2. The maximum atomic E-state index is 10.7. The molecule has 1 aliphatic rings. The van der Waals surface area contributed by atoms with E-state index in [1.807, 2.05) is 0 Å². The van der Waals surface area contributed by atoms with Crippen molar-refractivity contribution in [2.24, 2.45) is 0 Å². The molecule has 0 aliphatic heterocycles. The van der Waals surface area contributed by atoms with Gasteiger partial charge in [-0.2, -0.15) is 0 Å². The predicted molar refractivity (Wildman–Crippen MR) is 55.9 cm³/mol. The van der Waals surface area contributed by atoms with E-state index in [1.54, 1.807) is 29.5 Å². The molecule has 0 unspecified atom stereocenters. The number of aromatic carboxylic acids is 1. The molecular formula is C11H8LiNO2S. The number of carboxylic acid groups (broad SMARTS) is 1. The first kappa shape index (κ1) is 11.7. The van der Waals surface area contributed by atoms with Crippen LogP contribution in [0.4, 0.5) is 0 Å². The Balaban J connectivity index is 0.000000963. The average Bonchev–Trinajstić information content (AvgIpc) is 2.97. The molecule has 1 saturated carbocycles. The standard InChI is InChI=1S/C11H9NO2S.Li/c13-11(14)7-3-4-8-9(5-7)15-10(12-8)6-1-2-6;/h3-6H,1-2H2,(H,13,14);/q;+1/p-1. The normalized spacial score (nSPS) is 14.8. The zero-order valence-corrected chi connectivity index (χ0v) is 9.71. The summed E-state index contributed by atoms with van der Waals surface area (Å²) in [5.41, 5.74) is 1.13. The van der Waals surface area contributed by atoms with Gasteiger partial charge in [-0.15, -0.1) is 11.3 Å². The summed E-state index contributed by atoms with van der Waals surface area (Å²) in [6, 6.07) is 4.95. The van der Waals surface area contributed by atoms with Gasteiger partial charge in [0.05, 0.1) is 21.2 Å². The molecule has 0 spiro atoms. The van der Waals surface area contributed by atoms with E-state index in [-0.39, 0.29) is 24.4 Å². The number of hydrogen-bond donors (Lipinski definition) is 0. The van der Waals surface area contributed by atoms with Crippen molar-refractivity contribution in [3.8, 4) is 0 Å². The number of hydrogen-bond acceptors (Lipinski definition) is 4. The summed E-state index contributed by atoms with van der Waals surface area (Å²) in [5.74, 6) is -0.507. The molecule has 2 aromatic rings. The third-order valence-corrected chi connectivity index (χ3v) is 3.75. The van der Waals surface area contributed by atoms with Crippen LogP contribution in [0.2, 0.25) is 0 Å². The maximum absolute atomic E-state index is 10.7. The molecule has 3 rings (SSSR count). The van der Waals surface area contributed by atoms with Gasteiger partial charge in [-0.05, 0) is 30.5 Å². The van der Waals surface area contributed by atoms with Crippen molar-refractivity contribution >= 4 is 27.5 Å². The molecule has 5 heteroatoms. The topological polar surface area (TPSA) is 53.0 Å². The molecule has 0 N–H and O–H groups in total. The molecule has 1 aromatic heterocycles. The smallest absolute Gasteiger partial charge is 0.545 e. The van der Waals surface area contributed by atoms with Gasteiger partial charge in [0.25, 0.3) is 0 Å². The summed E-state index contributed by atoms with van der Waals surface area (Å²) in [7, 11) is 0. The minimum atomic E-state index is -1.13. The van der Waals surface area contributed by atoms with Crippen LogP contribution in [-0.4, -0.2) is 11.0 Å². The molecule has 1 aliphatic carbocycles. The van der Waals surface area contributed by atoms with Crippen LogP contribution in [0.3, 0.4) is 0 Å². The van der Waals surface area contributed by atoms with Crippen molar-refractivity contribution in [2.75, 3.05) is 0 Å². The fraction of sp³-hybridized carbons (Fsp3) is 0.273. The van der Waals surface area contributed by atoms with E-state index in [2.05, 4.69) is 4.98 Å². The summed E-state index contributed by atoms with van der Waals surface area (Å²) in [6.07, 6.45) is 2.43.